The summed E-state index contributed by atoms with van der Waals surface area (Å²) in [6.45, 7) is 2.88. The fraction of sp³-hybridized carbons (Fsp3) is 0.394. The van der Waals surface area contributed by atoms with Gasteiger partial charge in [-0.25, -0.2) is 4.98 Å². The summed E-state index contributed by atoms with van der Waals surface area (Å²) in [6, 6.07) is 22.5. The first kappa shape index (κ1) is 25.6. The van der Waals surface area contributed by atoms with Crippen molar-refractivity contribution in [3.63, 3.8) is 0 Å². The van der Waals surface area contributed by atoms with Gasteiger partial charge in [0.1, 0.15) is 17.3 Å². The highest BCUT2D eigenvalue weighted by Crippen LogP contribution is 2.33. The van der Waals surface area contributed by atoms with Gasteiger partial charge in [-0.2, -0.15) is 0 Å². The minimum atomic E-state index is 0.00337. The maximum atomic E-state index is 14.3. The number of fused-ring (bicyclic) bond motifs is 1. The van der Waals surface area contributed by atoms with Crippen LogP contribution in [0, 0.1) is 5.92 Å². The largest absolute Gasteiger partial charge is 0.497 e. The topological polar surface area (TPSA) is 56.6 Å². The monoisotopic (exact) mass is 523 g/mol. The van der Waals surface area contributed by atoms with Crippen LogP contribution in [-0.4, -0.2) is 47.8 Å². The lowest BCUT2D eigenvalue weighted by molar-refractivity contribution is 0.116. The molecule has 6 rings (SSSR count). The van der Waals surface area contributed by atoms with Crippen LogP contribution >= 0.6 is 0 Å². The first-order chi connectivity index (χ1) is 19.1. The van der Waals surface area contributed by atoms with Gasteiger partial charge >= 0.3 is 0 Å². The first-order valence-corrected chi connectivity index (χ1v) is 14.2. The molecule has 0 radical (unpaired) electrons. The van der Waals surface area contributed by atoms with Gasteiger partial charge < -0.3 is 14.4 Å². The van der Waals surface area contributed by atoms with E-state index in [0.29, 0.717) is 35.2 Å². The number of aromatic nitrogens is 2. The van der Waals surface area contributed by atoms with E-state index in [1.165, 1.54) is 38.6 Å². The molecule has 0 amide bonds. The zero-order valence-corrected chi connectivity index (χ0v) is 22.9. The van der Waals surface area contributed by atoms with Gasteiger partial charge in [0.05, 0.1) is 30.7 Å². The number of nitrogens with zero attached hydrogens (tertiary/aromatic N) is 3. The average molecular weight is 524 g/mol. The maximum absolute atomic E-state index is 14.3. The number of rotatable bonds is 7. The average Bonchev–Trinajstić information content (AvgIpc) is 3.54. The van der Waals surface area contributed by atoms with Gasteiger partial charge in [-0.05, 0) is 85.7 Å². The predicted molar refractivity (Wildman–Crippen MR) is 157 cm³/mol. The van der Waals surface area contributed by atoms with Crippen LogP contribution in [0.4, 0.5) is 0 Å². The van der Waals surface area contributed by atoms with E-state index in [0.717, 1.165) is 41.2 Å². The van der Waals surface area contributed by atoms with E-state index in [-0.39, 0.29) is 5.56 Å². The van der Waals surface area contributed by atoms with Crippen molar-refractivity contribution < 1.29 is 9.47 Å². The second kappa shape index (κ2) is 11.2. The minimum Gasteiger partial charge on any atom is -0.497 e. The number of hydrogen-bond acceptors (Lipinski definition) is 5. The molecular formula is C33H37N3O3. The molecule has 39 heavy (non-hydrogen) atoms. The lowest BCUT2D eigenvalue weighted by Gasteiger charge is -2.37. The lowest BCUT2D eigenvalue weighted by Crippen LogP contribution is -2.43. The van der Waals surface area contributed by atoms with Crippen molar-refractivity contribution >= 4 is 10.9 Å². The van der Waals surface area contributed by atoms with Crippen molar-refractivity contribution in [1.82, 2.24) is 14.5 Å². The SMILES string of the molecule is COc1cccc(-c2ccc3nc(-c4ccccc4OC)n(CC4CCCN(C5CCCC5)C4)c(=O)c3c2)c1. The number of methoxy groups -OCH3 is 2. The highest BCUT2D eigenvalue weighted by atomic mass is 16.5. The summed E-state index contributed by atoms with van der Waals surface area (Å²) in [5.74, 6) is 2.60. The van der Waals surface area contributed by atoms with E-state index < -0.39 is 0 Å². The zero-order chi connectivity index (χ0) is 26.8. The Bertz CT molecular complexity index is 1520. The Morgan fingerprint density at radius 2 is 1.69 bits per heavy atom. The summed E-state index contributed by atoms with van der Waals surface area (Å²) < 4.78 is 13.0. The van der Waals surface area contributed by atoms with Crippen molar-refractivity contribution in [2.24, 2.45) is 5.92 Å². The van der Waals surface area contributed by atoms with E-state index in [9.17, 15) is 4.79 Å². The Morgan fingerprint density at radius 3 is 2.51 bits per heavy atom. The van der Waals surface area contributed by atoms with Gasteiger partial charge in [-0.3, -0.25) is 9.36 Å². The van der Waals surface area contributed by atoms with Gasteiger partial charge in [0.15, 0.2) is 0 Å². The molecular weight excluding hydrogens is 486 g/mol. The van der Waals surface area contributed by atoms with Crippen LogP contribution in [-0.2, 0) is 6.54 Å². The molecule has 1 saturated carbocycles. The molecule has 2 heterocycles. The first-order valence-electron chi connectivity index (χ1n) is 14.2. The molecule has 0 bridgehead atoms. The lowest BCUT2D eigenvalue weighted by atomic mass is 9.95. The molecule has 202 valence electrons. The van der Waals surface area contributed by atoms with Gasteiger partial charge in [0.2, 0.25) is 0 Å². The number of likely N-dealkylation sites (tertiary alicyclic amines) is 1. The molecule has 2 fully saturated rings. The summed E-state index contributed by atoms with van der Waals surface area (Å²) in [5.41, 5.74) is 3.53. The highest BCUT2D eigenvalue weighted by Gasteiger charge is 2.29. The molecule has 1 unspecified atom stereocenters. The number of benzene rings is 3. The van der Waals surface area contributed by atoms with E-state index in [4.69, 9.17) is 14.5 Å². The van der Waals surface area contributed by atoms with Gasteiger partial charge in [0, 0.05) is 19.1 Å². The molecule has 1 aliphatic carbocycles. The molecule has 6 nitrogen and oxygen atoms in total. The quantitative estimate of drug-likeness (QED) is 0.280. The van der Waals surface area contributed by atoms with Crippen LogP contribution in [0.1, 0.15) is 38.5 Å². The maximum Gasteiger partial charge on any atom is 0.261 e. The Balaban J connectivity index is 1.44. The molecule has 4 aromatic rings. The van der Waals surface area contributed by atoms with Crippen molar-refractivity contribution in [3.8, 4) is 34.0 Å². The minimum absolute atomic E-state index is 0.00337. The number of piperidine rings is 1. The highest BCUT2D eigenvalue weighted by molar-refractivity contribution is 5.85. The van der Waals surface area contributed by atoms with Crippen molar-refractivity contribution in [3.05, 3.63) is 77.1 Å². The predicted octanol–water partition coefficient (Wildman–Crippen LogP) is 6.40. The number of ether oxygens (including phenoxy) is 2. The van der Waals surface area contributed by atoms with Crippen LogP contribution in [0.2, 0.25) is 0 Å². The zero-order valence-electron chi connectivity index (χ0n) is 22.9. The molecule has 1 aromatic heterocycles. The third kappa shape index (κ3) is 5.18. The van der Waals surface area contributed by atoms with E-state index in [2.05, 4.69) is 4.90 Å². The summed E-state index contributed by atoms with van der Waals surface area (Å²) in [6.07, 6.45) is 7.61. The van der Waals surface area contributed by atoms with Gasteiger partial charge in [0.25, 0.3) is 5.56 Å². The third-order valence-corrected chi connectivity index (χ3v) is 8.54. The van der Waals surface area contributed by atoms with Crippen molar-refractivity contribution in [1.29, 1.82) is 0 Å². The molecule has 1 saturated heterocycles. The van der Waals surface area contributed by atoms with Crippen LogP contribution in [0.5, 0.6) is 11.5 Å². The molecule has 1 aliphatic heterocycles. The Morgan fingerprint density at radius 1 is 0.872 bits per heavy atom. The standard InChI is InChI=1S/C33H37N3O3/c1-38-27-13-7-10-24(19-27)25-16-17-30-29(20-25)33(37)36(32(34-30)28-14-5-6-15-31(28)39-2)22-23-9-8-18-35(21-23)26-11-3-4-12-26/h5-7,10,13-17,19-20,23,26H,3-4,8-9,11-12,18,21-22H2,1-2H3. The van der Waals surface area contributed by atoms with Crippen LogP contribution in [0.25, 0.3) is 33.4 Å². The smallest absolute Gasteiger partial charge is 0.261 e. The van der Waals surface area contributed by atoms with Gasteiger partial charge in [-0.1, -0.05) is 43.2 Å². The van der Waals surface area contributed by atoms with Crippen LogP contribution in [0.3, 0.4) is 0 Å². The van der Waals surface area contributed by atoms with Crippen molar-refractivity contribution in [2.75, 3.05) is 27.3 Å². The summed E-state index contributed by atoms with van der Waals surface area (Å²) in [4.78, 5) is 22.1. The number of para-hydroxylation sites is 1. The van der Waals surface area contributed by atoms with E-state index >= 15 is 0 Å². The fourth-order valence-electron chi connectivity index (χ4n) is 6.51. The van der Waals surface area contributed by atoms with Crippen LogP contribution in [0.15, 0.2) is 71.5 Å². The Labute approximate surface area is 230 Å². The molecule has 3 aromatic carbocycles. The molecule has 0 N–H and O–H groups in total. The number of hydrogen-bond donors (Lipinski definition) is 0. The summed E-state index contributed by atoms with van der Waals surface area (Å²) in [7, 11) is 3.34. The normalized spacial score (nSPS) is 18.5. The fourth-order valence-corrected chi connectivity index (χ4v) is 6.51. The van der Waals surface area contributed by atoms with Gasteiger partial charge in [-0.15, -0.1) is 0 Å². The summed E-state index contributed by atoms with van der Waals surface area (Å²) in [5, 5.41) is 0.637. The second-order valence-electron chi connectivity index (χ2n) is 11.0. The molecule has 0 spiro atoms. The Hall–Kier alpha value is -3.64. The second-order valence-corrected chi connectivity index (χ2v) is 11.0. The molecule has 6 heteroatoms. The molecule has 2 aliphatic rings. The Kier molecular flexibility index (Phi) is 7.38. The molecule has 1 atom stereocenters. The van der Waals surface area contributed by atoms with Crippen LogP contribution < -0.4 is 15.0 Å². The third-order valence-electron chi connectivity index (χ3n) is 8.54. The van der Waals surface area contributed by atoms with Crippen molar-refractivity contribution in [2.45, 2.75) is 51.1 Å². The van der Waals surface area contributed by atoms with E-state index in [1.54, 1.807) is 14.2 Å². The summed E-state index contributed by atoms with van der Waals surface area (Å²) >= 11 is 0. The van der Waals surface area contributed by atoms with E-state index in [1.807, 2.05) is 71.3 Å².